The maximum absolute atomic E-state index is 14.8. The Morgan fingerprint density at radius 3 is 2.77 bits per heavy atom. The molecule has 4 rings (SSSR count). The van der Waals surface area contributed by atoms with E-state index in [1.54, 1.807) is 0 Å². The molecule has 30 heavy (non-hydrogen) atoms. The lowest BCUT2D eigenvalue weighted by Gasteiger charge is -2.17. The van der Waals surface area contributed by atoms with E-state index in [1.807, 2.05) is 38.1 Å². The first-order valence-electron chi connectivity index (χ1n) is 9.03. The molecule has 2 aromatic heterocycles. The Labute approximate surface area is 175 Å². The zero-order valence-electron chi connectivity index (χ0n) is 16.0. The van der Waals surface area contributed by atoms with Crippen molar-refractivity contribution in [2.75, 3.05) is 4.72 Å². The topological polar surface area (TPSA) is 107 Å². The number of hydrogen-bond donors (Lipinski definition) is 1. The molecule has 1 atom stereocenters. The minimum atomic E-state index is -4.28. The Balaban J connectivity index is 1.83. The molecule has 0 saturated carbocycles. The molecule has 0 bridgehead atoms. The fourth-order valence-electron chi connectivity index (χ4n) is 3.40. The van der Waals surface area contributed by atoms with Gasteiger partial charge in [-0.15, -0.1) is 0 Å². The summed E-state index contributed by atoms with van der Waals surface area (Å²) in [5, 5.41) is -0.00156. The molecule has 156 valence electrons. The summed E-state index contributed by atoms with van der Waals surface area (Å²) in [7, 11) is -4.28. The first-order chi connectivity index (χ1) is 14.3. The van der Waals surface area contributed by atoms with Crippen molar-refractivity contribution in [3.05, 3.63) is 70.2 Å². The lowest BCUT2D eigenvalue weighted by Crippen LogP contribution is -2.20. The zero-order valence-corrected chi connectivity index (χ0v) is 17.6. The number of fused-ring (bicyclic) bond motifs is 1. The van der Waals surface area contributed by atoms with Gasteiger partial charge in [-0.2, -0.15) is 4.37 Å². The molecule has 0 aliphatic heterocycles. The van der Waals surface area contributed by atoms with Crippen molar-refractivity contribution in [3.63, 3.8) is 0 Å². The van der Waals surface area contributed by atoms with Gasteiger partial charge in [0.2, 0.25) is 5.13 Å². The van der Waals surface area contributed by atoms with Crippen molar-refractivity contribution in [3.8, 4) is 0 Å². The van der Waals surface area contributed by atoms with Gasteiger partial charge in [0.25, 0.3) is 10.0 Å². The molecular formula is C19H17FN4O4S2. The van der Waals surface area contributed by atoms with E-state index in [-0.39, 0.29) is 16.2 Å². The number of aromatic nitrogens is 3. The first-order valence-corrected chi connectivity index (χ1v) is 11.3. The van der Waals surface area contributed by atoms with Crippen molar-refractivity contribution in [1.29, 1.82) is 0 Å². The van der Waals surface area contributed by atoms with E-state index >= 15 is 0 Å². The highest BCUT2D eigenvalue weighted by Crippen LogP contribution is 2.29. The van der Waals surface area contributed by atoms with Crippen molar-refractivity contribution >= 4 is 37.8 Å². The van der Waals surface area contributed by atoms with E-state index in [1.165, 1.54) is 10.9 Å². The van der Waals surface area contributed by atoms with Crippen LogP contribution in [0.15, 0.2) is 56.8 Å². The molecule has 8 nitrogen and oxygen atoms in total. The first kappa shape index (κ1) is 20.2. The monoisotopic (exact) mass is 448 g/mol. The van der Waals surface area contributed by atoms with Crippen LogP contribution in [0.25, 0.3) is 11.1 Å². The van der Waals surface area contributed by atoms with Crippen LogP contribution in [0, 0.1) is 5.82 Å². The van der Waals surface area contributed by atoms with Crippen LogP contribution >= 0.6 is 11.5 Å². The van der Waals surface area contributed by atoms with Gasteiger partial charge in [0.15, 0.2) is 5.58 Å². The van der Waals surface area contributed by atoms with Crippen LogP contribution in [0.2, 0.25) is 0 Å². The third kappa shape index (κ3) is 3.50. The van der Waals surface area contributed by atoms with Crippen LogP contribution in [-0.4, -0.2) is 22.3 Å². The Morgan fingerprint density at radius 1 is 1.30 bits per heavy atom. The van der Waals surface area contributed by atoms with Gasteiger partial charge in [0, 0.05) is 23.7 Å². The molecule has 2 aromatic carbocycles. The maximum Gasteiger partial charge on any atom is 0.420 e. The normalized spacial score (nSPS) is 12.9. The highest BCUT2D eigenvalue weighted by molar-refractivity contribution is 7.93. The number of anilines is 1. The predicted octanol–water partition coefficient (Wildman–Crippen LogP) is 3.56. The van der Waals surface area contributed by atoms with Gasteiger partial charge in [0.1, 0.15) is 17.0 Å². The second-order valence-electron chi connectivity index (χ2n) is 6.57. The fraction of sp³-hybridized carbons (Fsp3) is 0.211. The summed E-state index contributed by atoms with van der Waals surface area (Å²) >= 11 is 0.814. The number of benzene rings is 2. The predicted molar refractivity (Wildman–Crippen MR) is 111 cm³/mol. The fourth-order valence-corrected chi connectivity index (χ4v) is 5.14. The summed E-state index contributed by atoms with van der Waals surface area (Å²) in [6.45, 7) is 3.81. The molecule has 1 N–H and O–H groups in total. The van der Waals surface area contributed by atoms with Crippen LogP contribution < -0.4 is 10.5 Å². The molecule has 0 spiro atoms. The Kier molecular flexibility index (Phi) is 5.16. The van der Waals surface area contributed by atoms with Crippen molar-refractivity contribution in [1.82, 2.24) is 13.9 Å². The number of oxazole rings is 1. The van der Waals surface area contributed by atoms with Crippen LogP contribution in [0.4, 0.5) is 9.52 Å². The molecule has 11 heteroatoms. The average Bonchev–Trinajstić information content (AvgIpc) is 3.32. The minimum Gasteiger partial charge on any atom is -0.408 e. The standard InChI is InChI=1S/C19H17FN4O4S2/c1-3-12-6-4-5-7-13(12)11(2)24-15-8-14(20)17(9-16(15)28-19(24)25)30(26,27)23-18-21-10-22-29-18/h4-11H,3H2,1-2H3,(H,21,22,23). The van der Waals surface area contributed by atoms with Crippen LogP contribution in [-0.2, 0) is 16.4 Å². The molecule has 4 aromatic rings. The summed E-state index contributed by atoms with van der Waals surface area (Å²) in [5.41, 5.74) is 2.10. The van der Waals surface area contributed by atoms with E-state index < -0.39 is 32.5 Å². The van der Waals surface area contributed by atoms with E-state index in [9.17, 15) is 17.6 Å². The summed E-state index contributed by atoms with van der Waals surface area (Å²) < 4.78 is 52.4. The highest BCUT2D eigenvalue weighted by atomic mass is 32.2. The summed E-state index contributed by atoms with van der Waals surface area (Å²) in [6.07, 6.45) is 1.94. The molecule has 0 aliphatic rings. The number of sulfonamides is 1. The molecule has 0 aliphatic carbocycles. The van der Waals surface area contributed by atoms with E-state index in [0.717, 1.165) is 41.2 Å². The number of rotatable bonds is 6. The molecular weight excluding hydrogens is 431 g/mol. The number of aryl methyl sites for hydroxylation is 1. The number of nitrogens with zero attached hydrogens (tertiary/aromatic N) is 3. The van der Waals surface area contributed by atoms with Gasteiger partial charge in [-0.25, -0.2) is 22.6 Å². The van der Waals surface area contributed by atoms with E-state index in [2.05, 4.69) is 14.1 Å². The lowest BCUT2D eigenvalue weighted by atomic mass is 9.99. The van der Waals surface area contributed by atoms with Crippen molar-refractivity contribution < 1.29 is 17.2 Å². The van der Waals surface area contributed by atoms with Gasteiger partial charge >= 0.3 is 5.76 Å². The smallest absolute Gasteiger partial charge is 0.408 e. The molecule has 0 amide bonds. The van der Waals surface area contributed by atoms with Gasteiger partial charge < -0.3 is 4.42 Å². The largest absolute Gasteiger partial charge is 0.420 e. The van der Waals surface area contributed by atoms with Crippen LogP contribution in [0.1, 0.15) is 31.0 Å². The molecule has 0 saturated heterocycles. The van der Waals surface area contributed by atoms with E-state index in [0.29, 0.717) is 0 Å². The molecule has 0 radical (unpaired) electrons. The van der Waals surface area contributed by atoms with Gasteiger partial charge in [-0.3, -0.25) is 9.29 Å². The number of hydrogen-bond acceptors (Lipinski definition) is 7. The second-order valence-corrected chi connectivity index (χ2v) is 9.00. The quantitative estimate of drug-likeness (QED) is 0.483. The zero-order chi connectivity index (χ0) is 21.5. The van der Waals surface area contributed by atoms with Crippen molar-refractivity contribution in [2.24, 2.45) is 0 Å². The van der Waals surface area contributed by atoms with E-state index in [4.69, 9.17) is 4.42 Å². The van der Waals surface area contributed by atoms with Crippen molar-refractivity contribution in [2.45, 2.75) is 31.2 Å². The lowest BCUT2D eigenvalue weighted by molar-refractivity contribution is 0.488. The average molecular weight is 449 g/mol. The third-order valence-corrected chi connectivity index (χ3v) is 6.88. The SMILES string of the molecule is CCc1ccccc1C(C)n1c(=O)oc2cc(S(=O)(=O)Nc3ncns3)c(F)cc21. The van der Waals surface area contributed by atoms with Crippen LogP contribution in [0.3, 0.4) is 0 Å². The summed E-state index contributed by atoms with van der Waals surface area (Å²) in [4.78, 5) is 15.7. The van der Waals surface area contributed by atoms with Gasteiger partial charge in [0.05, 0.1) is 11.6 Å². The molecule has 1 unspecified atom stereocenters. The highest BCUT2D eigenvalue weighted by Gasteiger charge is 2.25. The summed E-state index contributed by atoms with van der Waals surface area (Å²) in [6, 6.07) is 9.20. The third-order valence-electron chi connectivity index (χ3n) is 4.81. The maximum atomic E-state index is 14.8. The molecule has 2 heterocycles. The summed E-state index contributed by atoms with van der Waals surface area (Å²) in [5.74, 6) is -1.71. The molecule has 0 fully saturated rings. The number of nitrogens with one attached hydrogen (secondary N) is 1. The van der Waals surface area contributed by atoms with Crippen LogP contribution in [0.5, 0.6) is 0 Å². The van der Waals surface area contributed by atoms with Gasteiger partial charge in [-0.1, -0.05) is 31.2 Å². The second kappa shape index (κ2) is 7.65. The van der Waals surface area contributed by atoms with Gasteiger partial charge in [-0.05, 0) is 24.5 Å². The number of halogens is 1. The Hall–Kier alpha value is -3.05. The Morgan fingerprint density at radius 2 is 2.07 bits per heavy atom. The Bertz CT molecular complexity index is 1380. The minimum absolute atomic E-state index is 0.00156.